The molecule has 2 fully saturated rings. The van der Waals surface area contributed by atoms with Crippen LogP contribution < -0.4 is 10.1 Å². The molecule has 2 aliphatic carbocycles. The van der Waals surface area contributed by atoms with Gasteiger partial charge in [0, 0.05) is 11.1 Å². The van der Waals surface area contributed by atoms with Gasteiger partial charge in [-0.15, -0.1) is 0 Å². The summed E-state index contributed by atoms with van der Waals surface area (Å²) in [6.45, 7) is 10.5. The Kier molecular flexibility index (Phi) is 13.2. The fraction of sp³-hybridized carbons (Fsp3) is 0.643. The van der Waals surface area contributed by atoms with Crippen LogP contribution in [0.25, 0.3) is 0 Å². The number of rotatable bonds is 5. The molecule has 2 bridgehead atoms. The Morgan fingerprint density at radius 1 is 1.06 bits per heavy atom. The average Bonchev–Trinajstić information content (AvgIpc) is 3.02. The molecule has 176 valence electrons. The summed E-state index contributed by atoms with van der Waals surface area (Å²) in [6, 6.07) is 8.97. The van der Waals surface area contributed by atoms with Crippen LogP contribution in [-0.2, 0) is 6.42 Å². The van der Waals surface area contributed by atoms with Crippen molar-refractivity contribution in [3.05, 3.63) is 52.6 Å². The minimum absolute atomic E-state index is 0.677. The lowest BCUT2D eigenvalue weighted by molar-refractivity contribution is 0.194. The molecule has 3 unspecified atom stereocenters. The van der Waals surface area contributed by atoms with E-state index in [9.17, 15) is 0 Å². The number of benzene rings is 1. The van der Waals surface area contributed by atoms with Crippen molar-refractivity contribution in [2.45, 2.75) is 92.0 Å². The number of fused-ring (bicyclic) bond motifs is 2. The maximum atomic E-state index is 5.54. The predicted molar refractivity (Wildman–Crippen MR) is 138 cm³/mol. The van der Waals surface area contributed by atoms with Crippen LogP contribution in [0.5, 0.6) is 5.75 Å². The second-order valence-corrected chi connectivity index (χ2v) is 9.82. The number of hydrogen-bond donors (Lipinski definition) is 1. The van der Waals surface area contributed by atoms with Crippen molar-refractivity contribution >= 4 is 11.6 Å². The molecule has 3 heteroatoms. The van der Waals surface area contributed by atoms with Crippen molar-refractivity contribution in [2.75, 3.05) is 14.2 Å². The summed E-state index contributed by atoms with van der Waals surface area (Å²) in [7, 11) is 3.85. The van der Waals surface area contributed by atoms with Crippen LogP contribution >= 0.6 is 11.6 Å². The smallest absolute Gasteiger partial charge is 0.118 e. The van der Waals surface area contributed by atoms with Gasteiger partial charge in [0.15, 0.2) is 0 Å². The quantitative estimate of drug-likeness (QED) is 0.458. The Morgan fingerprint density at radius 3 is 2.19 bits per heavy atom. The largest absolute Gasteiger partial charge is 0.497 e. The van der Waals surface area contributed by atoms with E-state index in [1.165, 1.54) is 56.1 Å². The van der Waals surface area contributed by atoms with E-state index in [4.69, 9.17) is 16.3 Å². The summed E-state index contributed by atoms with van der Waals surface area (Å²) in [5.74, 6) is 1.92. The van der Waals surface area contributed by atoms with Crippen molar-refractivity contribution in [3.8, 4) is 5.75 Å². The Bertz CT molecular complexity index is 632. The third-order valence-corrected chi connectivity index (χ3v) is 7.00. The first-order valence-electron chi connectivity index (χ1n) is 12.1. The van der Waals surface area contributed by atoms with Crippen LogP contribution in [0.1, 0.15) is 85.1 Å². The molecule has 31 heavy (non-hydrogen) atoms. The van der Waals surface area contributed by atoms with Crippen molar-refractivity contribution in [1.29, 1.82) is 0 Å². The van der Waals surface area contributed by atoms with Gasteiger partial charge in [0.25, 0.3) is 0 Å². The maximum absolute atomic E-state index is 5.54. The molecule has 3 atom stereocenters. The standard InChI is InChI=1S/C12H23N.C9H12O.C7H11Cl/c1-3-12-8-5-4-6-10(7-9-12)11(12)13-2;1-3-8-4-6-9(10-2)7-5-8;1-6(2)4-5-7(3)8/h10-11,13H,3-9H2,1-2H3;4-7H,3H2,1-2H3;4-5H,1-3H3/b;;7-5+. The molecule has 1 aromatic carbocycles. The predicted octanol–water partition coefficient (Wildman–Crippen LogP) is 8.31. The molecule has 3 rings (SSSR count). The molecule has 0 aliphatic heterocycles. The minimum Gasteiger partial charge on any atom is -0.497 e. The van der Waals surface area contributed by atoms with Gasteiger partial charge < -0.3 is 10.1 Å². The molecular formula is C28H46ClNO. The zero-order valence-corrected chi connectivity index (χ0v) is 21.8. The molecule has 2 aliphatic rings. The summed E-state index contributed by atoms with van der Waals surface area (Å²) in [6.07, 6.45) is 15.2. The van der Waals surface area contributed by atoms with Gasteiger partial charge in [-0.05, 0) is 101 Å². The van der Waals surface area contributed by atoms with Gasteiger partial charge in [0.2, 0.25) is 0 Å². The van der Waals surface area contributed by atoms with E-state index in [0.717, 1.165) is 29.2 Å². The molecule has 0 spiro atoms. The van der Waals surface area contributed by atoms with Crippen LogP contribution in [0.4, 0.5) is 0 Å². The second-order valence-electron chi connectivity index (χ2n) is 9.23. The molecule has 2 saturated carbocycles. The number of hydrogen-bond acceptors (Lipinski definition) is 2. The lowest BCUT2D eigenvalue weighted by Gasteiger charge is -2.35. The first-order chi connectivity index (χ1) is 14.8. The second kappa shape index (κ2) is 14.7. The van der Waals surface area contributed by atoms with Gasteiger partial charge in [-0.2, -0.15) is 0 Å². The maximum Gasteiger partial charge on any atom is 0.118 e. The lowest BCUT2D eigenvalue weighted by Crippen LogP contribution is -2.41. The minimum atomic E-state index is 0.677. The summed E-state index contributed by atoms with van der Waals surface area (Å²) < 4.78 is 5.01. The monoisotopic (exact) mass is 447 g/mol. The topological polar surface area (TPSA) is 21.3 Å². The molecule has 1 N–H and O–H groups in total. The zero-order valence-electron chi connectivity index (χ0n) is 21.1. The highest BCUT2D eigenvalue weighted by Crippen LogP contribution is 2.51. The number of aryl methyl sites for hydroxylation is 1. The van der Waals surface area contributed by atoms with Crippen LogP contribution in [0.15, 0.2) is 47.0 Å². The first-order valence-corrected chi connectivity index (χ1v) is 12.5. The number of ether oxygens (including phenoxy) is 1. The van der Waals surface area contributed by atoms with E-state index < -0.39 is 0 Å². The van der Waals surface area contributed by atoms with Crippen LogP contribution in [-0.4, -0.2) is 20.2 Å². The zero-order chi connectivity index (χ0) is 23.3. The van der Waals surface area contributed by atoms with E-state index in [1.807, 2.05) is 45.1 Å². The Hall–Kier alpha value is -1.25. The summed E-state index contributed by atoms with van der Waals surface area (Å²) >= 11 is 5.54. The molecule has 0 amide bonds. The van der Waals surface area contributed by atoms with Crippen LogP contribution in [0.3, 0.4) is 0 Å². The van der Waals surface area contributed by atoms with E-state index in [0.29, 0.717) is 5.41 Å². The van der Waals surface area contributed by atoms with E-state index in [-0.39, 0.29) is 0 Å². The molecule has 0 radical (unpaired) electrons. The van der Waals surface area contributed by atoms with Gasteiger partial charge in [-0.25, -0.2) is 0 Å². The molecule has 2 nitrogen and oxygen atoms in total. The SMILES string of the molecule is CC(C)=C/C=C(\C)Cl.CCC12CCCCC(CC1)C2NC.CCc1ccc(OC)cc1. The highest BCUT2D eigenvalue weighted by Gasteiger charge is 2.46. The number of halogens is 1. The Morgan fingerprint density at radius 2 is 1.74 bits per heavy atom. The van der Waals surface area contributed by atoms with Crippen molar-refractivity contribution in [3.63, 3.8) is 0 Å². The van der Waals surface area contributed by atoms with Crippen LogP contribution in [0, 0.1) is 11.3 Å². The molecular weight excluding hydrogens is 402 g/mol. The molecule has 0 saturated heterocycles. The Labute approximate surface area is 197 Å². The Balaban J connectivity index is 0.000000242. The lowest BCUT2D eigenvalue weighted by atomic mass is 9.76. The van der Waals surface area contributed by atoms with E-state index in [2.05, 4.69) is 38.3 Å². The molecule has 0 heterocycles. The normalized spacial score (nSPS) is 24.7. The summed E-state index contributed by atoms with van der Waals surface area (Å²) in [4.78, 5) is 0. The fourth-order valence-electron chi connectivity index (χ4n) is 5.03. The van der Waals surface area contributed by atoms with E-state index in [1.54, 1.807) is 7.11 Å². The van der Waals surface area contributed by atoms with Gasteiger partial charge >= 0.3 is 0 Å². The van der Waals surface area contributed by atoms with Crippen molar-refractivity contribution in [1.82, 2.24) is 5.32 Å². The summed E-state index contributed by atoms with van der Waals surface area (Å²) in [5.41, 5.74) is 3.29. The van der Waals surface area contributed by atoms with E-state index >= 15 is 0 Å². The number of nitrogens with one attached hydrogen (secondary N) is 1. The third-order valence-electron chi connectivity index (χ3n) is 6.87. The third kappa shape index (κ3) is 9.41. The van der Waals surface area contributed by atoms with Gasteiger partial charge in [-0.3, -0.25) is 0 Å². The number of allylic oxidation sites excluding steroid dienone is 4. The fourth-order valence-corrected chi connectivity index (χ4v) is 5.09. The number of methoxy groups -OCH3 is 1. The molecule has 1 aromatic rings. The van der Waals surface area contributed by atoms with Gasteiger partial charge in [0.05, 0.1) is 7.11 Å². The summed E-state index contributed by atoms with van der Waals surface area (Å²) in [5, 5.41) is 4.42. The highest BCUT2D eigenvalue weighted by atomic mass is 35.5. The first kappa shape index (κ1) is 27.8. The van der Waals surface area contributed by atoms with Crippen molar-refractivity contribution < 1.29 is 4.74 Å². The van der Waals surface area contributed by atoms with Crippen molar-refractivity contribution in [2.24, 2.45) is 11.3 Å². The highest BCUT2D eigenvalue weighted by molar-refractivity contribution is 6.29. The molecule has 0 aromatic heterocycles. The van der Waals surface area contributed by atoms with Crippen LogP contribution in [0.2, 0.25) is 0 Å². The van der Waals surface area contributed by atoms with Gasteiger partial charge in [-0.1, -0.05) is 62.1 Å². The van der Waals surface area contributed by atoms with Gasteiger partial charge in [0.1, 0.15) is 5.75 Å². The average molecular weight is 448 g/mol.